The van der Waals surface area contributed by atoms with Gasteiger partial charge in [0.05, 0.1) is 4.92 Å². The third kappa shape index (κ3) is 3.23. The quantitative estimate of drug-likeness (QED) is 0.530. The molecule has 0 radical (unpaired) electrons. The molecule has 0 aliphatic heterocycles. The van der Waals surface area contributed by atoms with Crippen LogP contribution in [0.2, 0.25) is 0 Å². The van der Waals surface area contributed by atoms with Crippen molar-refractivity contribution in [2.45, 2.75) is 6.92 Å². The van der Waals surface area contributed by atoms with Crippen LogP contribution in [0.1, 0.15) is 6.92 Å². The molecule has 1 heterocycles. The lowest BCUT2D eigenvalue weighted by Gasteiger charge is -1.95. The molecule has 0 fully saturated rings. The number of carbonyl (C=O) groups is 1. The number of nitro benzene ring substituents is 1. The van der Waals surface area contributed by atoms with E-state index in [1.807, 2.05) is 0 Å². The van der Waals surface area contributed by atoms with Crippen molar-refractivity contribution in [1.82, 2.24) is 10.2 Å². The van der Waals surface area contributed by atoms with Crippen molar-refractivity contribution in [3.05, 3.63) is 46.5 Å². The van der Waals surface area contributed by atoms with E-state index in [0.717, 1.165) is 0 Å². The molecule has 0 spiro atoms. The standard InChI is InChI=1S/C12H10N4O3S/c1-2-3-10(17)13-12-15-14-11(20-12)8-4-6-9(7-5-8)16(18)19/h2-7H,1H3,(H,13,15,17)/b3-2+. The van der Waals surface area contributed by atoms with E-state index in [0.29, 0.717) is 15.7 Å². The second-order valence-corrected chi connectivity index (χ2v) is 4.68. The Balaban J connectivity index is 2.16. The van der Waals surface area contributed by atoms with Crippen molar-refractivity contribution in [3.63, 3.8) is 0 Å². The van der Waals surface area contributed by atoms with E-state index in [-0.39, 0.29) is 11.6 Å². The number of nitro groups is 1. The lowest BCUT2D eigenvalue weighted by molar-refractivity contribution is -0.384. The smallest absolute Gasteiger partial charge is 0.269 e. The molecule has 20 heavy (non-hydrogen) atoms. The van der Waals surface area contributed by atoms with Crippen LogP contribution >= 0.6 is 11.3 Å². The number of non-ortho nitro benzene ring substituents is 1. The number of nitrogens with zero attached hydrogens (tertiary/aromatic N) is 3. The van der Waals surface area contributed by atoms with Crippen LogP contribution in [0.4, 0.5) is 10.8 Å². The van der Waals surface area contributed by atoms with Gasteiger partial charge >= 0.3 is 0 Å². The molecule has 0 unspecified atom stereocenters. The van der Waals surface area contributed by atoms with Gasteiger partial charge in [-0.05, 0) is 25.1 Å². The monoisotopic (exact) mass is 290 g/mol. The van der Waals surface area contributed by atoms with Crippen LogP contribution in [0.5, 0.6) is 0 Å². The van der Waals surface area contributed by atoms with Gasteiger partial charge < -0.3 is 0 Å². The first-order chi connectivity index (χ1) is 9.60. The first-order valence-corrected chi connectivity index (χ1v) is 6.44. The summed E-state index contributed by atoms with van der Waals surface area (Å²) in [5, 5.41) is 21.9. The van der Waals surface area contributed by atoms with Crippen molar-refractivity contribution in [2.24, 2.45) is 0 Å². The van der Waals surface area contributed by atoms with E-state index in [2.05, 4.69) is 15.5 Å². The summed E-state index contributed by atoms with van der Waals surface area (Å²) in [6.07, 6.45) is 3.00. The van der Waals surface area contributed by atoms with Gasteiger partial charge in [-0.3, -0.25) is 20.2 Å². The number of hydrogen-bond acceptors (Lipinski definition) is 6. The number of aromatic nitrogens is 2. The van der Waals surface area contributed by atoms with E-state index < -0.39 is 4.92 Å². The van der Waals surface area contributed by atoms with E-state index in [1.165, 1.54) is 29.5 Å². The Labute approximate surface area is 118 Å². The highest BCUT2D eigenvalue weighted by atomic mass is 32.1. The molecule has 7 nitrogen and oxygen atoms in total. The van der Waals surface area contributed by atoms with Crippen molar-refractivity contribution in [3.8, 4) is 10.6 Å². The Kier molecular flexibility index (Phi) is 4.16. The maximum absolute atomic E-state index is 11.3. The summed E-state index contributed by atoms with van der Waals surface area (Å²) in [6, 6.07) is 5.98. The van der Waals surface area contributed by atoms with Crippen LogP contribution in [0.25, 0.3) is 10.6 Å². The zero-order valence-electron chi connectivity index (χ0n) is 10.4. The Morgan fingerprint density at radius 3 is 2.65 bits per heavy atom. The van der Waals surface area contributed by atoms with Gasteiger partial charge in [0.25, 0.3) is 5.69 Å². The molecule has 0 aliphatic rings. The second kappa shape index (κ2) is 6.02. The van der Waals surface area contributed by atoms with Crippen LogP contribution in [-0.4, -0.2) is 21.0 Å². The first-order valence-electron chi connectivity index (χ1n) is 5.62. The number of rotatable bonds is 4. The maximum atomic E-state index is 11.3. The van der Waals surface area contributed by atoms with Gasteiger partial charge in [0.1, 0.15) is 5.01 Å². The van der Waals surface area contributed by atoms with Crippen LogP contribution in [0, 0.1) is 10.1 Å². The number of carbonyl (C=O) groups excluding carboxylic acids is 1. The largest absolute Gasteiger partial charge is 0.297 e. The highest BCUT2D eigenvalue weighted by Crippen LogP contribution is 2.27. The molecule has 1 N–H and O–H groups in total. The number of hydrogen-bond donors (Lipinski definition) is 1. The molecule has 1 aromatic heterocycles. The highest BCUT2D eigenvalue weighted by molar-refractivity contribution is 7.18. The number of allylic oxidation sites excluding steroid dienone is 1. The lowest BCUT2D eigenvalue weighted by Crippen LogP contribution is -2.07. The molecule has 0 bridgehead atoms. The molecular formula is C12H10N4O3S. The molecule has 0 saturated heterocycles. The molecule has 2 rings (SSSR count). The van der Waals surface area contributed by atoms with E-state index in [1.54, 1.807) is 25.1 Å². The van der Waals surface area contributed by atoms with Gasteiger partial charge in [0.15, 0.2) is 0 Å². The van der Waals surface area contributed by atoms with Crippen molar-refractivity contribution >= 4 is 28.1 Å². The van der Waals surface area contributed by atoms with Crippen LogP contribution < -0.4 is 5.32 Å². The summed E-state index contributed by atoms with van der Waals surface area (Å²) in [5.74, 6) is -0.279. The van der Waals surface area contributed by atoms with Crippen LogP contribution in [-0.2, 0) is 4.79 Å². The average Bonchev–Trinajstić information content (AvgIpc) is 2.87. The number of benzene rings is 1. The second-order valence-electron chi connectivity index (χ2n) is 3.71. The first kappa shape index (κ1) is 13.8. The summed E-state index contributed by atoms with van der Waals surface area (Å²) in [7, 11) is 0. The van der Waals surface area contributed by atoms with Gasteiger partial charge in [-0.25, -0.2) is 0 Å². The zero-order valence-corrected chi connectivity index (χ0v) is 11.3. The fourth-order valence-corrected chi connectivity index (χ4v) is 2.17. The summed E-state index contributed by atoms with van der Waals surface area (Å²) < 4.78 is 0. The highest BCUT2D eigenvalue weighted by Gasteiger charge is 2.10. The molecule has 1 amide bonds. The summed E-state index contributed by atoms with van der Waals surface area (Å²) in [4.78, 5) is 21.4. The molecule has 0 saturated carbocycles. The molecule has 0 aliphatic carbocycles. The van der Waals surface area contributed by atoms with Gasteiger partial charge in [-0.2, -0.15) is 0 Å². The lowest BCUT2D eigenvalue weighted by atomic mass is 10.2. The third-order valence-corrected chi connectivity index (χ3v) is 3.19. The van der Waals surface area contributed by atoms with Gasteiger partial charge in [0.2, 0.25) is 11.0 Å². The Morgan fingerprint density at radius 1 is 1.35 bits per heavy atom. The Morgan fingerprint density at radius 2 is 2.05 bits per heavy atom. The summed E-state index contributed by atoms with van der Waals surface area (Å²) >= 11 is 1.20. The third-order valence-electron chi connectivity index (χ3n) is 2.30. The predicted octanol–water partition coefficient (Wildman–Crippen LogP) is 2.63. The molecule has 1 aromatic carbocycles. The van der Waals surface area contributed by atoms with Crippen LogP contribution in [0.15, 0.2) is 36.4 Å². The molecular weight excluding hydrogens is 280 g/mol. The minimum atomic E-state index is -0.466. The zero-order chi connectivity index (χ0) is 14.5. The van der Waals surface area contributed by atoms with E-state index in [4.69, 9.17) is 0 Å². The van der Waals surface area contributed by atoms with Crippen molar-refractivity contribution in [2.75, 3.05) is 5.32 Å². The predicted molar refractivity (Wildman–Crippen MR) is 75.4 cm³/mol. The van der Waals surface area contributed by atoms with Crippen molar-refractivity contribution < 1.29 is 9.72 Å². The Bertz CT molecular complexity index is 664. The van der Waals surface area contributed by atoms with E-state index in [9.17, 15) is 14.9 Å². The number of amides is 1. The normalized spacial score (nSPS) is 10.7. The average molecular weight is 290 g/mol. The van der Waals surface area contributed by atoms with Gasteiger partial charge in [-0.15, -0.1) is 10.2 Å². The maximum Gasteiger partial charge on any atom is 0.269 e. The van der Waals surface area contributed by atoms with Crippen molar-refractivity contribution in [1.29, 1.82) is 0 Å². The van der Waals surface area contributed by atoms with Crippen LogP contribution in [0.3, 0.4) is 0 Å². The fourth-order valence-electron chi connectivity index (χ4n) is 1.41. The molecule has 102 valence electrons. The summed E-state index contributed by atoms with van der Waals surface area (Å²) in [6.45, 7) is 1.74. The molecule has 8 heteroatoms. The number of anilines is 1. The molecule has 2 aromatic rings. The minimum absolute atomic E-state index is 0.0138. The number of nitrogens with one attached hydrogen (secondary N) is 1. The SMILES string of the molecule is C/C=C/C(=O)Nc1nnc(-c2ccc([N+](=O)[O-])cc2)s1. The fraction of sp³-hybridized carbons (Fsp3) is 0.0833. The minimum Gasteiger partial charge on any atom is -0.297 e. The Hall–Kier alpha value is -2.61. The molecule has 0 atom stereocenters. The summed E-state index contributed by atoms with van der Waals surface area (Å²) in [5.41, 5.74) is 0.722. The van der Waals surface area contributed by atoms with Gasteiger partial charge in [0, 0.05) is 17.7 Å². The topological polar surface area (TPSA) is 98.0 Å². The van der Waals surface area contributed by atoms with E-state index >= 15 is 0 Å². The van der Waals surface area contributed by atoms with Gasteiger partial charge in [-0.1, -0.05) is 17.4 Å².